The number of thiazole rings is 1. The number of rotatable bonds is 4. The highest BCUT2D eigenvalue weighted by molar-refractivity contribution is 7.09. The predicted molar refractivity (Wildman–Crippen MR) is 77.4 cm³/mol. The smallest absolute Gasteiger partial charge is 0.144 e. The van der Waals surface area contributed by atoms with E-state index in [9.17, 15) is 5.26 Å². The number of nitrogens with zero attached hydrogens (tertiary/aromatic N) is 3. The maximum atomic E-state index is 9.20. The van der Waals surface area contributed by atoms with Gasteiger partial charge in [-0.2, -0.15) is 5.26 Å². The number of hydrogen-bond acceptors (Lipinski definition) is 5. The van der Waals surface area contributed by atoms with Gasteiger partial charge in [-0.25, -0.2) is 9.97 Å². The average Bonchev–Trinajstić information content (AvgIpc) is 2.89. The van der Waals surface area contributed by atoms with Gasteiger partial charge < -0.3 is 5.32 Å². The molecule has 5 heteroatoms. The highest BCUT2D eigenvalue weighted by Gasteiger charge is 2.12. The molecule has 98 valence electrons. The van der Waals surface area contributed by atoms with Crippen molar-refractivity contribution in [3.63, 3.8) is 0 Å². The summed E-state index contributed by atoms with van der Waals surface area (Å²) in [6.07, 6.45) is 1.81. The number of anilines is 1. The fourth-order valence-electron chi connectivity index (χ4n) is 1.92. The van der Waals surface area contributed by atoms with E-state index in [1.165, 1.54) is 0 Å². The van der Waals surface area contributed by atoms with Crippen LogP contribution < -0.4 is 5.32 Å². The van der Waals surface area contributed by atoms with Crippen LogP contribution in [0.3, 0.4) is 0 Å². The van der Waals surface area contributed by atoms with E-state index in [0.717, 1.165) is 22.8 Å². The number of nitrogens with one attached hydrogen (secondary N) is 1. The fourth-order valence-corrected chi connectivity index (χ4v) is 2.62. The number of pyridine rings is 1. The van der Waals surface area contributed by atoms with E-state index >= 15 is 0 Å². The SMILES string of the molecule is Cc1cc(C)c(C#N)c(NCC(C)c2nccs2)n1. The van der Waals surface area contributed by atoms with Crippen molar-refractivity contribution in [2.45, 2.75) is 26.7 Å². The number of hydrogen-bond donors (Lipinski definition) is 1. The van der Waals surface area contributed by atoms with Crippen LogP contribution in [0.25, 0.3) is 0 Å². The van der Waals surface area contributed by atoms with Gasteiger partial charge in [-0.15, -0.1) is 11.3 Å². The van der Waals surface area contributed by atoms with Crippen LogP contribution in [0.1, 0.15) is 34.7 Å². The Morgan fingerprint density at radius 3 is 2.89 bits per heavy atom. The molecule has 0 aliphatic rings. The molecular weight excluding hydrogens is 256 g/mol. The van der Waals surface area contributed by atoms with Gasteiger partial charge in [-0.3, -0.25) is 0 Å². The molecule has 2 rings (SSSR count). The molecule has 0 aliphatic carbocycles. The quantitative estimate of drug-likeness (QED) is 0.928. The zero-order valence-electron chi connectivity index (χ0n) is 11.3. The fraction of sp³-hybridized carbons (Fsp3) is 0.357. The van der Waals surface area contributed by atoms with Crippen molar-refractivity contribution >= 4 is 17.2 Å². The first-order valence-electron chi connectivity index (χ1n) is 6.13. The summed E-state index contributed by atoms with van der Waals surface area (Å²) in [5, 5.41) is 15.5. The highest BCUT2D eigenvalue weighted by atomic mass is 32.1. The van der Waals surface area contributed by atoms with Crippen LogP contribution in [0.4, 0.5) is 5.82 Å². The summed E-state index contributed by atoms with van der Waals surface area (Å²) in [7, 11) is 0. The van der Waals surface area contributed by atoms with E-state index in [-0.39, 0.29) is 0 Å². The molecule has 2 heterocycles. The van der Waals surface area contributed by atoms with Crippen LogP contribution >= 0.6 is 11.3 Å². The van der Waals surface area contributed by atoms with Gasteiger partial charge in [0.1, 0.15) is 11.9 Å². The minimum absolute atomic E-state index is 0.300. The monoisotopic (exact) mass is 272 g/mol. The third kappa shape index (κ3) is 3.09. The lowest BCUT2D eigenvalue weighted by Crippen LogP contribution is -2.12. The molecule has 2 aromatic heterocycles. The van der Waals surface area contributed by atoms with Crippen molar-refractivity contribution in [1.82, 2.24) is 9.97 Å². The third-order valence-electron chi connectivity index (χ3n) is 2.91. The van der Waals surface area contributed by atoms with Crippen LogP contribution in [0.2, 0.25) is 0 Å². The molecule has 2 aromatic rings. The minimum Gasteiger partial charge on any atom is -0.368 e. The maximum Gasteiger partial charge on any atom is 0.144 e. The van der Waals surface area contributed by atoms with Gasteiger partial charge in [-0.05, 0) is 25.5 Å². The number of nitriles is 1. The van der Waals surface area contributed by atoms with Crippen LogP contribution in [0.15, 0.2) is 17.6 Å². The molecule has 19 heavy (non-hydrogen) atoms. The van der Waals surface area contributed by atoms with E-state index in [0.29, 0.717) is 17.3 Å². The summed E-state index contributed by atoms with van der Waals surface area (Å²) in [5.74, 6) is 0.970. The van der Waals surface area contributed by atoms with Crippen molar-refractivity contribution in [1.29, 1.82) is 5.26 Å². The largest absolute Gasteiger partial charge is 0.368 e. The lowest BCUT2D eigenvalue weighted by Gasteiger charge is -2.13. The first-order chi connectivity index (χ1) is 9.11. The predicted octanol–water partition coefficient (Wildman–Crippen LogP) is 3.24. The zero-order chi connectivity index (χ0) is 13.8. The molecule has 0 saturated carbocycles. The molecule has 1 N–H and O–H groups in total. The summed E-state index contributed by atoms with van der Waals surface area (Å²) >= 11 is 1.65. The lowest BCUT2D eigenvalue weighted by atomic mass is 10.1. The normalized spacial score (nSPS) is 11.9. The van der Waals surface area contributed by atoms with Crippen molar-refractivity contribution in [2.24, 2.45) is 0 Å². The summed E-state index contributed by atoms with van der Waals surface area (Å²) < 4.78 is 0. The van der Waals surface area contributed by atoms with Crippen LogP contribution in [-0.2, 0) is 0 Å². The second kappa shape index (κ2) is 5.81. The van der Waals surface area contributed by atoms with Crippen molar-refractivity contribution in [3.05, 3.63) is 39.5 Å². The first-order valence-corrected chi connectivity index (χ1v) is 7.01. The maximum absolute atomic E-state index is 9.20. The zero-order valence-corrected chi connectivity index (χ0v) is 12.1. The van der Waals surface area contributed by atoms with Crippen LogP contribution in [0.5, 0.6) is 0 Å². The molecule has 0 amide bonds. The van der Waals surface area contributed by atoms with Gasteiger partial charge in [0.25, 0.3) is 0 Å². The number of aryl methyl sites for hydroxylation is 2. The number of aromatic nitrogens is 2. The summed E-state index contributed by atoms with van der Waals surface area (Å²) in [6, 6.07) is 4.14. The summed E-state index contributed by atoms with van der Waals surface area (Å²) in [5.41, 5.74) is 2.50. The summed E-state index contributed by atoms with van der Waals surface area (Å²) in [6.45, 7) is 6.70. The summed E-state index contributed by atoms with van der Waals surface area (Å²) in [4.78, 5) is 8.71. The van der Waals surface area contributed by atoms with Crippen molar-refractivity contribution < 1.29 is 0 Å². The van der Waals surface area contributed by atoms with Gasteiger partial charge in [-0.1, -0.05) is 6.92 Å². The Morgan fingerprint density at radius 2 is 2.26 bits per heavy atom. The topological polar surface area (TPSA) is 61.6 Å². The van der Waals surface area contributed by atoms with Gasteiger partial charge >= 0.3 is 0 Å². The Hall–Kier alpha value is -1.93. The Balaban J connectivity index is 2.14. The average molecular weight is 272 g/mol. The van der Waals surface area contributed by atoms with Crippen molar-refractivity contribution in [2.75, 3.05) is 11.9 Å². The molecule has 0 bridgehead atoms. The lowest BCUT2D eigenvalue weighted by molar-refractivity contribution is 0.791. The van der Waals surface area contributed by atoms with E-state index in [4.69, 9.17) is 0 Å². The Morgan fingerprint density at radius 1 is 1.47 bits per heavy atom. The first kappa shape index (κ1) is 13.5. The molecule has 0 aromatic carbocycles. The Labute approximate surface area is 117 Å². The molecule has 4 nitrogen and oxygen atoms in total. The molecule has 1 unspecified atom stereocenters. The van der Waals surface area contributed by atoms with Gasteiger partial charge in [0.2, 0.25) is 0 Å². The van der Waals surface area contributed by atoms with Crippen molar-refractivity contribution in [3.8, 4) is 6.07 Å². The third-order valence-corrected chi connectivity index (χ3v) is 3.91. The van der Waals surface area contributed by atoms with Gasteiger partial charge in [0.05, 0.1) is 10.6 Å². The second-order valence-corrected chi connectivity index (χ2v) is 5.49. The highest BCUT2D eigenvalue weighted by Crippen LogP contribution is 2.21. The van der Waals surface area contributed by atoms with E-state index in [1.807, 2.05) is 31.5 Å². The molecule has 0 spiro atoms. The standard InChI is InChI=1S/C14H16N4S/c1-9-6-11(3)18-13(12(9)7-15)17-8-10(2)14-16-4-5-19-14/h4-6,10H,8H2,1-3H3,(H,17,18). The second-order valence-electron chi connectivity index (χ2n) is 4.57. The molecule has 1 atom stereocenters. The van der Waals surface area contributed by atoms with Gasteiger partial charge in [0.15, 0.2) is 0 Å². The Bertz CT molecular complexity index is 599. The van der Waals surface area contributed by atoms with E-state index < -0.39 is 0 Å². The Kier molecular flexibility index (Phi) is 4.13. The molecule has 0 radical (unpaired) electrons. The van der Waals surface area contributed by atoms with E-state index in [1.54, 1.807) is 11.3 Å². The van der Waals surface area contributed by atoms with Gasteiger partial charge in [0, 0.05) is 29.7 Å². The molecular formula is C14H16N4S. The van der Waals surface area contributed by atoms with E-state index in [2.05, 4.69) is 28.3 Å². The molecule has 0 fully saturated rings. The minimum atomic E-state index is 0.300. The van der Waals surface area contributed by atoms with Crippen LogP contribution in [0, 0.1) is 25.2 Å². The molecule has 0 saturated heterocycles. The van der Waals surface area contributed by atoms with Crippen LogP contribution in [-0.4, -0.2) is 16.5 Å². The molecule has 0 aliphatic heterocycles.